The molecule has 2 N–H and O–H groups in total. The van der Waals surface area contributed by atoms with Crippen molar-refractivity contribution in [2.24, 2.45) is 10.2 Å². The van der Waals surface area contributed by atoms with Gasteiger partial charge in [-0.25, -0.2) is 4.39 Å². The summed E-state index contributed by atoms with van der Waals surface area (Å²) in [6, 6.07) is 10.3. The standard InChI is InChI=1S/C15H9ClFN3O2/c16-11-4-2-1-3-9(11)14(21)20-19-13-10-7-8(17)5-6-12(10)18-15(13)22/h1-7,18,22H. The average Bonchev–Trinajstić information content (AvgIpc) is 2.80. The molecule has 2 aromatic carbocycles. The van der Waals surface area contributed by atoms with E-state index in [0.29, 0.717) is 10.9 Å². The first-order chi connectivity index (χ1) is 10.6. The molecule has 3 rings (SSSR count). The van der Waals surface area contributed by atoms with E-state index in [4.69, 9.17) is 11.6 Å². The molecule has 0 unspecified atom stereocenters. The number of aromatic nitrogens is 1. The maximum atomic E-state index is 13.3. The molecule has 0 fully saturated rings. The Hall–Kier alpha value is -2.73. The molecule has 0 aliphatic carbocycles. The number of hydrogen-bond acceptors (Lipinski definition) is 3. The highest BCUT2D eigenvalue weighted by atomic mass is 35.5. The van der Waals surface area contributed by atoms with Gasteiger partial charge in [-0.3, -0.25) is 4.79 Å². The second-order valence-electron chi connectivity index (χ2n) is 4.50. The number of rotatable bonds is 2. The summed E-state index contributed by atoms with van der Waals surface area (Å²) in [7, 11) is 0. The Morgan fingerprint density at radius 1 is 1.23 bits per heavy atom. The van der Waals surface area contributed by atoms with Crippen LogP contribution in [-0.4, -0.2) is 16.0 Å². The zero-order valence-corrected chi connectivity index (χ0v) is 11.8. The Balaban J connectivity index is 1.99. The molecule has 0 saturated carbocycles. The van der Waals surface area contributed by atoms with Gasteiger partial charge in [-0.1, -0.05) is 23.7 Å². The smallest absolute Gasteiger partial charge is 0.296 e. The van der Waals surface area contributed by atoms with Crippen LogP contribution in [0.3, 0.4) is 0 Å². The second kappa shape index (κ2) is 5.57. The van der Waals surface area contributed by atoms with E-state index < -0.39 is 11.7 Å². The molecule has 0 radical (unpaired) electrons. The average molecular weight is 318 g/mol. The first-order valence-corrected chi connectivity index (χ1v) is 6.65. The van der Waals surface area contributed by atoms with E-state index >= 15 is 0 Å². The molecule has 7 heteroatoms. The minimum absolute atomic E-state index is 0.00472. The summed E-state index contributed by atoms with van der Waals surface area (Å²) in [5, 5.41) is 17.6. The topological polar surface area (TPSA) is 77.8 Å². The molecular weight excluding hydrogens is 309 g/mol. The fraction of sp³-hybridized carbons (Fsp3) is 0. The Morgan fingerprint density at radius 3 is 2.77 bits per heavy atom. The molecule has 0 aliphatic rings. The monoisotopic (exact) mass is 317 g/mol. The number of hydrogen-bond donors (Lipinski definition) is 2. The number of amides is 1. The third-order valence-electron chi connectivity index (χ3n) is 3.06. The molecule has 0 saturated heterocycles. The molecule has 5 nitrogen and oxygen atoms in total. The zero-order chi connectivity index (χ0) is 15.7. The molecular formula is C15H9ClFN3O2. The largest absolute Gasteiger partial charge is 0.493 e. The Kier molecular flexibility index (Phi) is 3.60. The van der Waals surface area contributed by atoms with Crippen LogP contribution in [0.15, 0.2) is 52.7 Å². The number of carbonyl (C=O) groups is 1. The van der Waals surface area contributed by atoms with Crippen LogP contribution in [0.2, 0.25) is 5.02 Å². The molecule has 110 valence electrons. The molecule has 0 bridgehead atoms. The fourth-order valence-corrected chi connectivity index (χ4v) is 2.24. The second-order valence-corrected chi connectivity index (χ2v) is 4.90. The lowest BCUT2D eigenvalue weighted by atomic mass is 10.2. The van der Waals surface area contributed by atoms with E-state index in [2.05, 4.69) is 15.2 Å². The number of aromatic amines is 1. The van der Waals surface area contributed by atoms with Crippen LogP contribution in [0.25, 0.3) is 10.9 Å². The number of carbonyl (C=O) groups excluding carboxylic acids is 1. The summed E-state index contributed by atoms with van der Waals surface area (Å²) < 4.78 is 13.3. The summed E-state index contributed by atoms with van der Waals surface area (Å²) in [4.78, 5) is 14.6. The quantitative estimate of drug-likeness (QED) is 0.678. The third-order valence-corrected chi connectivity index (χ3v) is 3.39. The van der Waals surface area contributed by atoms with Gasteiger partial charge in [0, 0.05) is 5.39 Å². The van der Waals surface area contributed by atoms with Crippen LogP contribution in [0.4, 0.5) is 10.1 Å². The maximum absolute atomic E-state index is 13.3. The minimum atomic E-state index is -0.657. The van der Waals surface area contributed by atoms with Gasteiger partial charge in [-0.15, -0.1) is 10.2 Å². The maximum Gasteiger partial charge on any atom is 0.296 e. The predicted molar refractivity (Wildman–Crippen MR) is 80.2 cm³/mol. The van der Waals surface area contributed by atoms with Gasteiger partial charge in [-0.05, 0) is 30.3 Å². The molecule has 1 amide bonds. The van der Waals surface area contributed by atoms with E-state index in [-0.39, 0.29) is 22.2 Å². The van der Waals surface area contributed by atoms with Gasteiger partial charge in [0.1, 0.15) is 5.82 Å². The van der Waals surface area contributed by atoms with Crippen molar-refractivity contribution in [3.8, 4) is 5.88 Å². The number of fused-ring (bicyclic) bond motifs is 1. The Morgan fingerprint density at radius 2 is 2.00 bits per heavy atom. The Bertz CT molecular complexity index is 905. The lowest BCUT2D eigenvalue weighted by molar-refractivity contribution is 0.0995. The Labute approximate surface area is 129 Å². The van der Waals surface area contributed by atoms with E-state index in [1.807, 2.05) is 0 Å². The summed E-state index contributed by atoms with van der Waals surface area (Å²) in [6.07, 6.45) is 0. The van der Waals surface area contributed by atoms with E-state index in [0.717, 1.165) is 0 Å². The normalized spacial score (nSPS) is 11.4. The number of halogens is 2. The van der Waals surface area contributed by atoms with Gasteiger partial charge in [0.05, 0.1) is 16.1 Å². The highest BCUT2D eigenvalue weighted by Gasteiger charge is 2.13. The summed E-state index contributed by atoms with van der Waals surface area (Å²) >= 11 is 5.90. The van der Waals surface area contributed by atoms with Crippen LogP contribution in [0.1, 0.15) is 10.4 Å². The third kappa shape index (κ3) is 2.56. The number of azo groups is 1. The van der Waals surface area contributed by atoms with Crippen molar-refractivity contribution in [2.75, 3.05) is 0 Å². The van der Waals surface area contributed by atoms with Crippen molar-refractivity contribution in [3.05, 3.63) is 58.9 Å². The summed E-state index contributed by atoms with van der Waals surface area (Å²) in [5.41, 5.74) is 0.673. The highest BCUT2D eigenvalue weighted by molar-refractivity contribution is 6.33. The number of nitrogens with zero attached hydrogens (tertiary/aromatic N) is 2. The van der Waals surface area contributed by atoms with Crippen molar-refractivity contribution in [1.82, 2.24) is 4.98 Å². The molecule has 0 aliphatic heterocycles. The van der Waals surface area contributed by atoms with Crippen LogP contribution in [-0.2, 0) is 0 Å². The van der Waals surface area contributed by atoms with Crippen LogP contribution >= 0.6 is 11.6 Å². The molecule has 1 aromatic heterocycles. The van der Waals surface area contributed by atoms with Gasteiger partial charge in [0.15, 0.2) is 5.69 Å². The van der Waals surface area contributed by atoms with Crippen molar-refractivity contribution < 1.29 is 14.3 Å². The van der Waals surface area contributed by atoms with Crippen LogP contribution < -0.4 is 0 Å². The van der Waals surface area contributed by atoms with Gasteiger partial charge >= 0.3 is 0 Å². The number of benzene rings is 2. The van der Waals surface area contributed by atoms with Gasteiger partial charge in [0.2, 0.25) is 5.88 Å². The van der Waals surface area contributed by atoms with Gasteiger partial charge in [-0.2, -0.15) is 0 Å². The van der Waals surface area contributed by atoms with Crippen LogP contribution in [0, 0.1) is 5.82 Å². The molecule has 1 heterocycles. The van der Waals surface area contributed by atoms with Crippen molar-refractivity contribution in [3.63, 3.8) is 0 Å². The van der Waals surface area contributed by atoms with Gasteiger partial charge in [0.25, 0.3) is 5.91 Å². The van der Waals surface area contributed by atoms with Crippen molar-refractivity contribution in [2.45, 2.75) is 0 Å². The van der Waals surface area contributed by atoms with Gasteiger partial charge < -0.3 is 10.1 Å². The lowest BCUT2D eigenvalue weighted by Gasteiger charge is -1.97. The molecule has 3 aromatic rings. The molecule has 0 atom stereocenters. The van der Waals surface area contributed by atoms with E-state index in [9.17, 15) is 14.3 Å². The number of H-pyrrole nitrogens is 1. The zero-order valence-electron chi connectivity index (χ0n) is 11.0. The lowest BCUT2D eigenvalue weighted by Crippen LogP contribution is -1.94. The first kappa shape index (κ1) is 14.2. The highest BCUT2D eigenvalue weighted by Crippen LogP contribution is 2.35. The summed E-state index contributed by atoms with van der Waals surface area (Å²) in [5.74, 6) is -1.44. The summed E-state index contributed by atoms with van der Waals surface area (Å²) in [6.45, 7) is 0. The molecule has 22 heavy (non-hydrogen) atoms. The van der Waals surface area contributed by atoms with E-state index in [1.54, 1.807) is 18.2 Å². The minimum Gasteiger partial charge on any atom is -0.493 e. The van der Waals surface area contributed by atoms with Crippen LogP contribution in [0.5, 0.6) is 5.88 Å². The van der Waals surface area contributed by atoms with Crippen molar-refractivity contribution in [1.29, 1.82) is 0 Å². The first-order valence-electron chi connectivity index (χ1n) is 6.27. The fourth-order valence-electron chi connectivity index (χ4n) is 2.02. The SMILES string of the molecule is O=C(N=Nc1c(O)[nH]c2ccc(F)cc12)c1ccccc1Cl. The van der Waals surface area contributed by atoms with E-state index in [1.165, 1.54) is 24.3 Å². The molecule has 0 spiro atoms. The van der Waals surface area contributed by atoms with Crippen molar-refractivity contribution >= 4 is 34.1 Å². The number of aromatic hydroxyl groups is 1. The predicted octanol–water partition coefficient (Wildman–Crippen LogP) is 4.59. The number of nitrogens with one attached hydrogen (secondary N) is 1.